The normalized spacial score (nSPS) is 15.1. The van der Waals surface area contributed by atoms with E-state index < -0.39 is 0 Å². The molecule has 4 heteroatoms. The van der Waals surface area contributed by atoms with Gasteiger partial charge < -0.3 is 5.32 Å². The van der Waals surface area contributed by atoms with Gasteiger partial charge in [-0.25, -0.2) is 9.78 Å². The molecule has 2 N–H and O–H groups in total. The summed E-state index contributed by atoms with van der Waals surface area (Å²) in [6.07, 6.45) is 3.83. The number of carbonyl (C=O) groups excluding carboxylic acids is 1. The van der Waals surface area contributed by atoms with Gasteiger partial charge >= 0.3 is 6.03 Å². The van der Waals surface area contributed by atoms with Crippen LogP contribution in [0.4, 0.5) is 10.6 Å². The number of carbonyl (C=O) groups is 1. The molecule has 1 heterocycles. The number of nitrogens with one attached hydrogen (secondary N) is 2. The Hall–Kier alpha value is -1.58. The number of hydrogen-bond acceptors (Lipinski definition) is 2. The molecule has 0 bridgehead atoms. The van der Waals surface area contributed by atoms with Gasteiger partial charge in [-0.1, -0.05) is 6.07 Å². The van der Waals surface area contributed by atoms with Gasteiger partial charge in [0.2, 0.25) is 0 Å². The monoisotopic (exact) mass is 177 g/mol. The van der Waals surface area contributed by atoms with E-state index in [0.29, 0.717) is 11.9 Å². The minimum atomic E-state index is -0.166. The molecule has 0 aromatic carbocycles. The lowest BCUT2D eigenvalue weighted by Crippen LogP contribution is -2.30. The first-order chi connectivity index (χ1) is 6.34. The van der Waals surface area contributed by atoms with Crippen LogP contribution < -0.4 is 10.6 Å². The highest BCUT2D eigenvalue weighted by Crippen LogP contribution is 2.18. The molecule has 0 radical (unpaired) electrons. The molecule has 1 aromatic heterocycles. The molecule has 4 nitrogen and oxygen atoms in total. The van der Waals surface area contributed by atoms with E-state index in [-0.39, 0.29) is 6.03 Å². The van der Waals surface area contributed by atoms with Gasteiger partial charge in [-0.2, -0.15) is 0 Å². The molecular formula is C9H11N3O. The lowest BCUT2D eigenvalue weighted by molar-refractivity contribution is 0.251. The Balaban J connectivity index is 1.86. The number of urea groups is 1. The fourth-order valence-electron chi connectivity index (χ4n) is 1.00. The van der Waals surface area contributed by atoms with Crippen molar-refractivity contribution in [2.75, 3.05) is 5.32 Å². The van der Waals surface area contributed by atoms with E-state index in [1.165, 1.54) is 0 Å². The second-order valence-electron chi connectivity index (χ2n) is 3.09. The summed E-state index contributed by atoms with van der Waals surface area (Å²) in [5, 5.41) is 5.46. The van der Waals surface area contributed by atoms with Gasteiger partial charge in [0.25, 0.3) is 0 Å². The van der Waals surface area contributed by atoms with Gasteiger partial charge in [-0.05, 0) is 25.0 Å². The first-order valence-corrected chi connectivity index (χ1v) is 4.33. The smallest absolute Gasteiger partial charge is 0.320 e. The molecule has 0 unspecified atom stereocenters. The van der Waals surface area contributed by atoms with Crippen LogP contribution >= 0.6 is 0 Å². The minimum Gasteiger partial charge on any atom is -0.335 e. The second-order valence-corrected chi connectivity index (χ2v) is 3.09. The van der Waals surface area contributed by atoms with Crippen molar-refractivity contribution in [2.24, 2.45) is 0 Å². The van der Waals surface area contributed by atoms with Crippen molar-refractivity contribution in [1.82, 2.24) is 10.3 Å². The van der Waals surface area contributed by atoms with Crippen LogP contribution in [0, 0.1) is 0 Å². The number of nitrogens with zero attached hydrogens (tertiary/aromatic N) is 1. The summed E-state index contributed by atoms with van der Waals surface area (Å²) < 4.78 is 0. The third-order valence-corrected chi connectivity index (χ3v) is 1.82. The van der Waals surface area contributed by atoms with Crippen molar-refractivity contribution in [3.63, 3.8) is 0 Å². The summed E-state index contributed by atoms with van der Waals surface area (Å²) in [7, 11) is 0. The van der Waals surface area contributed by atoms with Crippen LogP contribution in [0.1, 0.15) is 12.8 Å². The van der Waals surface area contributed by atoms with Crippen LogP contribution in [0.3, 0.4) is 0 Å². The summed E-state index contributed by atoms with van der Waals surface area (Å²) in [5.74, 6) is 0.584. The maximum Gasteiger partial charge on any atom is 0.320 e. The van der Waals surface area contributed by atoms with E-state index in [4.69, 9.17) is 0 Å². The van der Waals surface area contributed by atoms with Gasteiger partial charge in [0.15, 0.2) is 0 Å². The molecule has 0 atom stereocenters. The molecule has 68 valence electrons. The SMILES string of the molecule is O=C(Nc1ccccn1)NC1CC1. The number of anilines is 1. The Morgan fingerprint density at radius 3 is 2.92 bits per heavy atom. The number of pyridine rings is 1. The average molecular weight is 177 g/mol. The molecule has 0 spiro atoms. The molecule has 2 rings (SSSR count). The maximum atomic E-state index is 11.2. The van der Waals surface area contributed by atoms with Gasteiger partial charge in [-0.15, -0.1) is 0 Å². The van der Waals surface area contributed by atoms with Gasteiger partial charge in [0.05, 0.1) is 0 Å². The number of aromatic nitrogens is 1. The molecule has 1 aliphatic carbocycles. The number of amides is 2. The third-order valence-electron chi connectivity index (χ3n) is 1.82. The zero-order chi connectivity index (χ0) is 9.10. The van der Waals surface area contributed by atoms with Crippen molar-refractivity contribution < 1.29 is 4.79 Å². The Labute approximate surface area is 76.4 Å². The largest absolute Gasteiger partial charge is 0.335 e. The highest BCUT2D eigenvalue weighted by atomic mass is 16.2. The lowest BCUT2D eigenvalue weighted by Gasteiger charge is -2.04. The number of rotatable bonds is 2. The fraction of sp³-hybridized carbons (Fsp3) is 0.333. The lowest BCUT2D eigenvalue weighted by atomic mass is 10.5. The van der Waals surface area contributed by atoms with Gasteiger partial charge in [-0.3, -0.25) is 5.32 Å². The van der Waals surface area contributed by atoms with E-state index in [1.807, 2.05) is 12.1 Å². The van der Waals surface area contributed by atoms with Crippen molar-refractivity contribution in [2.45, 2.75) is 18.9 Å². The minimum absolute atomic E-state index is 0.166. The molecule has 1 saturated carbocycles. The van der Waals surface area contributed by atoms with E-state index >= 15 is 0 Å². The second kappa shape index (κ2) is 3.43. The predicted molar refractivity (Wildman–Crippen MR) is 49.4 cm³/mol. The van der Waals surface area contributed by atoms with Crippen LogP contribution in [0.25, 0.3) is 0 Å². The van der Waals surface area contributed by atoms with Crippen LogP contribution in [0.15, 0.2) is 24.4 Å². The van der Waals surface area contributed by atoms with Crippen LogP contribution in [-0.2, 0) is 0 Å². The Bertz CT molecular complexity index is 295. The summed E-state index contributed by atoms with van der Waals surface area (Å²) >= 11 is 0. The maximum absolute atomic E-state index is 11.2. The van der Waals surface area contributed by atoms with E-state index in [0.717, 1.165) is 12.8 Å². The zero-order valence-corrected chi connectivity index (χ0v) is 7.16. The van der Waals surface area contributed by atoms with Crippen molar-refractivity contribution in [3.8, 4) is 0 Å². The molecule has 1 aromatic rings. The topological polar surface area (TPSA) is 54.0 Å². The summed E-state index contributed by atoms with van der Waals surface area (Å²) in [4.78, 5) is 15.2. The predicted octanol–water partition coefficient (Wildman–Crippen LogP) is 1.37. The highest BCUT2D eigenvalue weighted by Gasteiger charge is 2.23. The molecule has 13 heavy (non-hydrogen) atoms. The van der Waals surface area contributed by atoms with Crippen LogP contribution in [-0.4, -0.2) is 17.1 Å². The third kappa shape index (κ3) is 2.43. The molecular weight excluding hydrogens is 166 g/mol. The molecule has 0 saturated heterocycles. The molecule has 2 amide bonds. The first-order valence-electron chi connectivity index (χ1n) is 4.33. The van der Waals surface area contributed by atoms with Gasteiger partial charge in [0, 0.05) is 12.2 Å². The average Bonchev–Trinajstić information content (AvgIpc) is 2.90. The van der Waals surface area contributed by atoms with Crippen LogP contribution in [0.5, 0.6) is 0 Å². The van der Waals surface area contributed by atoms with Crippen LogP contribution in [0.2, 0.25) is 0 Å². The molecule has 0 aliphatic heterocycles. The number of hydrogen-bond donors (Lipinski definition) is 2. The zero-order valence-electron chi connectivity index (χ0n) is 7.16. The quantitative estimate of drug-likeness (QED) is 0.716. The molecule has 1 fully saturated rings. The standard InChI is InChI=1S/C9H11N3O/c13-9(11-7-4-5-7)12-8-3-1-2-6-10-8/h1-3,6-7H,4-5H2,(H2,10,11,12,13). The van der Waals surface area contributed by atoms with Crippen molar-refractivity contribution >= 4 is 11.8 Å². The first kappa shape index (κ1) is 8.04. The Morgan fingerprint density at radius 1 is 1.46 bits per heavy atom. The summed E-state index contributed by atoms with van der Waals surface area (Å²) in [6, 6.07) is 5.61. The van der Waals surface area contributed by atoms with E-state index in [9.17, 15) is 4.79 Å². The van der Waals surface area contributed by atoms with E-state index in [1.54, 1.807) is 12.3 Å². The fourth-order valence-corrected chi connectivity index (χ4v) is 1.00. The highest BCUT2D eigenvalue weighted by molar-refractivity contribution is 5.88. The van der Waals surface area contributed by atoms with E-state index in [2.05, 4.69) is 15.6 Å². The van der Waals surface area contributed by atoms with Crippen molar-refractivity contribution in [1.29, 1.82) is 0 Å². The van der Waals surface area contributed by atoms with Gasteiger partial charge in [0.1, 0.15) is 5.82 Å². The molecule has 1 aliphatic rings. The Kier molecular flexibility index (Phi) is 2.12. The van der Waals surface area contributed by atoms with Crippen molar-refractivity contribution in [3.05, 3.63) is 24.4 Å². The summed E-state index contributed by atoms with van der Waals surface area (Å²) in [5.41, 5.74) is 0. The summed E-state index contributed by atoms with van der Waals surface area (Å²) in [6.45, 7) is 0. The Morgan fingerprint density at radius 2 is 2.31 bits per heavy atom.